The molecule has 1 aliphatic heterocycles. The van der Waals surface area contributed by atoms with Gasteiger partial charge in [0.25, 0.3) is 0 Å². The second kappa shape index (κ2) is 9.61. The zero-order chi connectivity index (χ0) is 18.9. The maximum atomic E-state index is 4.53. The van der Waals surface area contributed by atoms with E-state index in [1.54, 1.807) is 6.20 Å². The Labute approximate surface area is 157 Å². The first-order valence-electron chi connectivity index (χ1n) is 8.94. The van der Waals surface area contributed by atoms with Crippen molar-refractivity contribution >= 4 is 18.0 Å². The molecule has 0 saturated heterocycles. The predicted octanol–water partition coefficient (Wildman–Crippen LogP) is 4.04. The van der Waals surface area contributed by atoms with Gasteiger partial charge in [-0.25, -0.2) is 0 Å². The standard InChI is InChI=1S/C21H29N5/c1-6-8-10-26(7-2)20-12-18(15-25(16-20)11-9-22-4)21-13-19(23-5)14-24-17(21)3/h6,9,11-15,23H,1,4,7-8,10,16H2,2-3,5H3/b11-9-. The van der Waals surface area contributed by atoms with Crippen LogP contribution in [0.15, 0.2) is 60.3 Å². The molecule has 1 aromatic heterocycles. The number of nitrogens with one attached hydrogen (secondary N) is 1. The van der Waals surface area contributed by atoms with Crippen LogP contribution in [0.4, 0.5) is 5.69 Å². The lowest BCUT2D eigenvalue weighted by atomic mass is 10.0. The Morgan fingerprint density at radius 3 is 2.92 bits per heavy atom. The Bertz CT molecular complexity index is 730. The average molecular weight is 351 g/mol. The monoisotopic (exact) mass is 351 g/mol. The predicted molar refractivity (Wildman–Crippen MR) is 112 cm³/mol. The number of likely N-dealkylation sites (N-methyl/N-ethyl adjacent to an activating group) is 1. The number of hydrogen-bond acceptors (Lipinski definition) is 5. The maximum absolute atomic E-state index is 4.53. The summed E-state index contributed by atoms with van der Waals surface area (Å²) in [6.45, 7) is 14.3. The molecule has 5 heteroatoms. The minimum Gasteiger partial charge on any atom is -0.387 e. The Hall–Kier alpha value is -2.82. The summed E-state index contributed by atoms with van der Waals surface area (Å²) < 4.78 is 0. The fourth-order valence-corrected chi connectivity index (χ4v) is 2.95. The van der Waals surface area contributed by atoms with Gasteiger partial charge in [0.05, 0.1) is 18.4 Å². The van der Waals surface area contributed by atoms with Crippen LogP contribution < -0.4 is 5.32 Å². The number of nitrogens with zero attached hydrogens (tertiary/aromatic N) is 4. The molecule has 0 radical (unpaired) electrons. The SMILES string of the molecule is C=CCCN(CC)C1=CC(c2cc(NC)cnc2C)=CN(/C=C\N=C)C1. The van der Waals surface area contributed by atoms with E-state index >= 15 is 0 Å². The highest BCUT2D eigenvalue weighted by atomic mass is 15.2. The highest BCUT2D eigenvalue weighted by molar-refractivity contribution is 5.78. The molecule has 0 saturated carbocycles. The molecule has 0 spiro atoms. The molecule has 0 atom stereocenters. The van der Waals surface area contributed by atoms with E-state index in [-0.39, 0.29) is 0 Å². The lowest BCUT2D eigenvalue weighted by Crippen LogP contribution is -2.31. The quantitative estimate of drug-likeness (QED) is 0.539. The molecule has 0 bridgehead atoms. The van der Waals surface area contributed by atoms with Crippen LogP contribution in [0.3, 0.4) is 0 Å². The fourth-order valence-electron chi connectivity index (χ4n) is 2.95. The Kier molecular flexibility index (Phi) is 7.21. The molecule has 0 amide bonds. The Morgan fingerprint density at radius 2 is 2.27 bits per heavy atom. The highest BCUT2D eigenvalue weighted by Crippen LogP contribution is 2.28. The number of rotatable bonds is 9. The van der Waals surface area contributed by atoms with Gasteiger partial charge >= 0.3 is 0 Å². The lowest BCUT2D eigenvalue weighted by molar-refractivity contribution is 0.334. The minimum atomic E-state index is 0.804. The van der Waals surface area contributed by atoms with Crippen molar-refractivity contribution in [2.45, 2.75) is 20.3 Å². The van der Waals surface area contributed by atoms with Gasteiger partial charge in [0.1, 0.15) is 0 Å². The largest absolute Gasteiger partial charge is 0.387 e. The average Bonchev–Trinajstić information content (AvgIpc) is 2.67. The summed E-state index contributed by atoms with van der Waals surface area (Å²) >= 11 is 0. The molecule has 0 aliphatic carbocycles. The van der Waals surface area contributed by atoms with E-state index in [4.69, 9.17) is 0 Å². The third-order valence-electron chi connectivity index (χ3n) is 4.41. The summed E-state index contributed by atoms with van der Waals surface area (Å²) in [4.78, 5) is 12.9. The molecule has 0 aromatic carbocycles. The van der Waals surface area contributed by atoms with Crippen molar-refractivity contribution in [3.8, 4) is 0 Å². The number of pyridine rings is 1. The molecule has 1 aliphatic rings. The molecule has 5 nitrogen and oxygen atoms in total. The van der Waals surface area contributed by atoms with Gasteiger partial charge in [-0.2, -0.15) is 0 Å². The van der Waals surface area contributed by atoms with Crippen LogP contribution in [-0.2, 0) is 0 Å². The molecule has 2 rings (SSSR count). The van der Waals surface area contributed by atoms with Crippen LogP contribution in [0.2, 0.25) is 0 Å². The van der Waals surface area contributed by atoms with E-state index in [1.807, 2.05) is 32.4 Å². The third-order valence-corrected chi connectivity index (χ3v) is 4.41. The number of hydrogen-bond donors (Lipinski definition) is 1. The summed E-state index contributed by atoms with van der Waals surface area (Å²) in [5.74, 6) is 0. The summed E-state index contributed by atoms with van der Waals surface area (Å²) in [5.41, 5.74) is 5.54. The van der Waals surface area contributed by atoms with Crippen LogP contribution in [-0.4, -0.2) is 48.2 Å². The van der Waals surface area contributed by atoms with Crippen molar-refractivity contribution in [1.29, 1.82) is 0 Å². The molecular formula is C21H29N5. The van der Waals surface area contributed by atoms with Gasteiger partial charge < -0.3 is 15.1 Å². The van der Waals surface area contributed by atoms with E-state index in [0.717, 1.165) is 48.6 Å². The second-order valence-electron chi connectivity index (χ2n) is 6.14. The summed E-state index contributed by atoms with van der Waals surface area (Å²) in [6, 6.07) is 2.14. The van der Waals surface area contributed by atoms with E-state index in [1.165, 1.54) is 5.70 Å². The zero-order valence-corrected chi connectivity index (χ0v) is 16.1. The molecule has 1 aromatic rings. The van der Waals surface area contributed by atoms with Crippen molar-refractivity contribution in [2.75, 3.05) is 32.0 Å². The maximum Gasteiger partial charge on any atom is 0.0620 e. The first kappa shape index (κ1) is 19.5. The summed E-state index contributed by atoms with van der Waals surface area (Å²) in [7, 11) is 1.91. The van der Waals surface area contributed by atoms with Gasteiger partial charge in [0.2, 0.25) is 0 Å². The summed E-state index contributed by atoms with van der Waals surface area (Å²) in [5, 5.41) is 3.17. The van der Waals surface area contributed by atoms with Gasteiger partial charge in [0.15, 0.2) is 0 Å². The van der Waals surface area contributed by atoms with Crippen molar-refractivity contribution in [3.63, 3.8) is 0 Å². The van der Waals surface area contributed by atoms with Gasteiger partial charge in [-0.3, -0.25) is 9.98 Å². The van der Waals surface area contributed by atoms with Crippen LogP contribution in [0.1, 0.15) is 24.6 Å². The van der Waals surface area contributed by atoms with Crippen LogP contribution in [0.5, 0.6) is 0 Å². The lowest BCUT2D eigenvalue weighted by Gasteiger charge is -2.32. The van der Waals surface area contributed by atoms with Crippen molar-refractivity contribution in [3.05, 3.63) is 66.5 Å². The van der Waals surface area contributed by atoms with E-state index in [9.17, 15) is 0 Å². The molecular weight excluding hydrogens is 322 g/mol. The molecule has 1 N–H and O–H groups in total. The number of anilines is 1. The van der Waals surface area contributed by atoms with Gasteiger partial charge in [-0.15, -0.1) is 6.58 Å². The minimum absolute atomic E-state index is 0.804. The van der Waals surface area contributed by atoms with Crippen molar-refractivity contribution < 1.29 is 0 Å². The molecule has 138 valence electrons. The zero-order valence-electron chi connectivity index (χ0n) is 16.1. The van der Waals surface area contributed by atoms with Gasteiger partial charge in [-0.05, 0) is 39.1 Å². The normalized spacial score (nSPS) is 14.0. The first-order chi connectivity index (χ1) is 12.6. The van der Waals surface area contributed by atoms with E-state index in [2.05, 4.69) is 63.7 Å². The molecule has 2 heterocycles. The highest BCUT2D eigenvalue weighted by Gasteiger charge is 2.17. The van der Waals surface area contributed by atoms with Crippen LogP contribution in [0, 0.1) is 6.92 Å². The van der Waals surface area contributed by atoms with Gasteiger partial charge in [-0.1, -0.05) is 6.08 Å². The fraction of sp³-hybridized carbons (Fsp3) is 0.333. The van der Waals surface area contributed by atoms with E-state index in [0.29, 0.717) is 0 Å². The van der Waals surface area contributed by atoms with Crippen LogP contribution in [0.25, 0.3) is 5.57 Å². The number of allylic oxidation sites excluding steroid dienone is 2. The van der Waals surface area contributed by atoms with Crippen molar-refractivity contribution in [1.82, 2.24) is 14.8 Å². The topological polar surface area (TPSA) is 43.8 Å². The van der Waals surface area contributed by atoms with Gasteiger partial charge in [0, 0.05) is 61.3 Å². The van der Waals surface area contributed by atoms with Crippen LogP contribution >= 0.6 is 0 Å². The number of aliphatic imine (C=N–C) groups is 1. The number of aryl methyl sites for hydroxylation is 1. The third kappa shape index (κ3) is 4.85. The van der Waals surface area contributed by atoms with E-state index < -0.39 is 0 Å². The Morgan fingerprint density at radius 1 is 1.46 bits per heavy atom. The van der Waals surface area contributed by atoms with Crippen molar-refractivity contribution in [2.24, 2.45) is 4.99 Å². The second-order valence-corrected chi connectivity index (χ2v) is 6.14. The first-order valence-corrected chi connectivity index (χ1v) is 8.94. The molecule has 0 unspecified atom stereocenters. The summed E-state index contributed by atoms with van der Waals surface area (Å²) in [6.07, 6.45) is 12.8. The number of aromatic nitrogens is 1. The molecule has 0 fully saturated rings. The smallest absolute Gasteiger partial charge is 0.0620 e. The molecule has 26 heavy (non-hydrogen) atoms. The Balaban J connectivity index is 2.45.